The van der Waals surface area contributed by atoms with Crippen LogP contribution < -0.4 is 10.6 Å². The van der Waals surface area contributed by atoms with Crippen molar-refractivity contribution in [3.05, 3.63) is 0 Å². The van der Waals surface area contributed by atoms with Gasteiger partial charge in [-0.15, -0.1) is 0 Å². The third-order valence-corrected chi connectivity index (χ3v) is 3.32. The zero-order chi connectivity index (χ0) is 15.8. The maximum atomic E-state index is 12.3. The van der Waals surface area contributed by atoms with E-state index in [1.165, 1.54) is 11.9 Å². The Bertz CT molecular complexity index is 388. The van der Waals surface area contributed by atoms with Gasteiger partial charge < -0.3 is 25.4 Å². The third kappa shape index (κ3) is 5.22. The average molecular weight is 301 g/mol. The van der Waals surface area contributed by atoms with Gasteiger partial charge in [-0.2, -0.15) is 0 Å². The lowest BCUT2D eigenvalue weighted by Crippen LogP contribution is -2.59. The first-order valence-electron chi connectivity index (χ1n) is 7.07. The largest absolute Gasteiger partial charge is 0.481 e. The molecule has 0 saturated carbocycles. The maximum absolute atomic E-state index is 12.3. The van der Waals surface area contributed by atoms with Gasteiger partial charge >= 0.3 is 12.0 Å². The Morgan fingerprint density at radius 3 is 2.71 bits per heavy atom. The smallest absolute Gasteiger partial charge is 0.318 e. The van der Waals surface area contributed by atoms with Crippen molar-refractivity contribution in [2.24, 2.45) is 0 Å². The number of hydrogen-bond acceptors (Lipinski definition) is 4. The minimum atomic E-state index is -0.960. The monoisotopic (exact) mass is 301 g/mol. The summed E-state index contributed by atoms with van der Waals surface area (Å²) in [6.45, 7) is 2.72. The summed E-state index contributed by atoms with van der Waals surface area (Å²) in [6.07, 6.45) is 1.21. The molecule has 2 unspecified atom stereocenters. The molecule has 1 saturated heterocycles. The minimum absolute atomic E-state index is 0.130. The van der Waals surface area contributed by atoms with Crippen molar-refractivity contribution in [1.29, 1.82) is 0 Å². The van der Waals surface area contributed by atoms with Crippen LogP contribution >= 0.6 is 0 Å². The SMILES string of the molecule is CCCC(CC(=O)O)NC(=O)N1CCOCC1C(=O)NC. The molecule has 1 rings (SSSR count). The molecule has 0 aromatic rings. The number of amides is 3. The van der Waals surface area contributed by atoms with Crippen LogP contribution in [0.2, 0.25) is 0 Å². The highest BCUT2D eigenvalue weighted by molar-refractivity contribution is 5.87. The zero-order valence-corrected chi connectivity index (χ0v) is 12.4. The molecule has 120 valence electrons. The highest BCUT2D eigenvalue weighted by Crippen LogP contribution is 2.10. The molecule has 0 radical (unpaired) electrons. The zero-order valence-electron chi connectivity index (χ0n) is 12.4. The molecule has 21 heavy (non-hydrogen) atoms. The Morgan fingerprint density at radius 1 is 1.43 bits per heavy atom. The van der Waals surface area contributed by atoms with Crippen LogP contribution in [0.3, 0.4) is 0 Å². The van der Waals surface area contributed by atoms with Gasteiger partial charge in [-0.3, -0.25) is 9.59 Å². The van der Waals surface area contributed by atoms with E-state index in [1.54, 1.807) is 0 Å². The van der Waals surface area contributed by atoms with Gasteiger partial charge in [-0.25, -0.2) is 4.79 Å². The quantitative estimate of drug-likeness (QED) is 0.629. The van der Waals surface area contributed by atoms with E-state index in [9.17, 15) is 14.4 Å². The summed E-state index contributed by atoms with van der Waals surface area (Å²) < 4.78 is 5.23. The van der Waals surface area contributed by atoms with E-state index in [0.717, 1.165) is 6.42 Å². The number of carbonyl (C=O) groups is 3. The molecule has 3 amide bonds. The molecule has 0 aromatic carbocycles. The molecule has 0 spiro atoms. The summed E-state index contributed by atoms with van der Waals surface area (Å²) >= 11 is 0. The predicted octanol–water partition coefficient (Wildman–Crippen LogP) is -0.214. The summed E-state index contributed by atoms with van der Waals surface area (Å²) in [5.74, 6) is -1.26. The number of nitrogens with one attached hydrogen (secondary N) is 2. The highest BCUT2D eigenvalue weighted by atomic mass is 16.5. The van der Waals surface area contributed by atoms with Crippen LogP contribution in [-0.4, -0.2) is 66.8 Å². The van der Waals surface area contributed by atoms with E-state index in [2.05, 4.69) is 10.6 Å². The average Bonchev–Trinajstić information content (AvgIpc) is 2.46. The lowest BCUT2D eigenvalue weighted by atomic mass is 10.1. The molecule has 1 heterocycles. The number of aliphatic carboxylic acids is 1. The van der Waals surface area contributed by atoms with Crippen molar-refractivity contribution in [2.45, 2.75) is 38.3 Å². The number of rotatable bonds is 6. The van der Waals surface area contributed by atoms with Gasteiger partial charge in [0.05, 0.1) is 19.6 Å². The van der Waals surface area contributed by atoms with E-state index in [-0.39, 0.29) is 18.9 Å². The summed E-state index contributed by atoms with van der Waals surface area (Å²) in [6, 6.07) is -1.55. The van der Waals surface area contributed by atoms with Crippen molar-refractivity contribution in [3.8, 4) is 0 Å². The first-order valence-corrected chi connectivity index (χ1v) is 7.07. The molecule has 8 nitrogen and oxygen atoms in total. The number of carboxylic acids is 1. The van der Waals surface area contributed by atoms with E-state index in [0.29, 0.717) is 19.6 Å². The van der Waals surface area contributed by atoms with Crippen molar-refractivity contribution < 1.29 is 24.2 Å². The van der Waals surface area contributed by atoms with E-state index in [1.807, 2.05) is 6.92 Å². The van der Waals surface area contributed by atoms with Gasteiger partial charge in [0, 0.05) is 19.6 Å². The second-order valence-electron chi connectivity index (χ2n) is 4.93. The molecule has 3 N–H and O–H groups in total. The van der Waals surface area contributed by atoms with Crippen LogP contribution in [-0.2, 0) is 14.3 Å². The number of likely N-dealkylation sites (N-methyl/N-ethyl adjacent to an activating group) is 1. The lowest BCUT2D eigenvalue weighted by Gasteiger charge is -2.35. The molecular formula is C13H23N3O5. The van der Waals surface area contributed by atoms with Crippen LogP contribution in [0.25, 0.3) is 0 Å². The Kier molecular flexibility index (Phi) is 6.93. The second kappa shape index (κ2) is 8.46. The maximum Gasteiger partial charge on any atom is 0.318 e. The van der Waals surface area contributed by atoms with Gasteiger partial charge in [-0.1, -0.05) is 13.3 Å². The summed E-state index contributed by atoms with van der Waals surface area (Å²) in [4.78, 5) is 36.3. The lowest BCUT2D eigenvalue weighted by molar-refractivity contribution is -0.137. The molecule has 2 atom stereocenters. The van der Waals surface area contributed by atoms with E-state index < -0.39 is 24.1 Å². The topological polar surface area (TPSA) is 108 Å². The van der Waals surface area contributed by atoms with Crippen molar-refractivity contribution >= 4 is 17.9 Å². The normalized spacial score (nSPS) is 19.7. The van der Waals surface area contributed by atoms with Gasteiger partial charge in [0.25, 0.3) is 0 Å². The van der Waals surface area contributed by atoms with Gasteiger partial charge in [0.1, 0.15) is 6.04 Å². The minimum Gasteiger partial charge on any atom is -0.481 e. The first kappa shape index (κ1) is 17.2. The number of carboxylic acid groups (broad SMARTS) is 1. The summed E-state index contributed by atoms with van der Waals surface area (Å²) in [7, 11) is 1.50. The van der Waals surface area contributed by atoms with Crippen LogP contribution in [0.1, 0.15) is 26.2 Å². The predicted molar refractivity (Wildman–Crippen MR) is 74.9 cm³/mol. The second-order valence-corrected chi connectivity index (χ2v) is 4.93. The van der Waals surface area contributed by atoms with Crippen LogP contribution in [0.5, 0.6) is 0 Å². The molecule has 1 aliphatic rings. The van der Waals surface area contributed by atoms with Gasteiger partial charge in [0.15, 0.2) is 0 Å². The molecule has 0 aliphatic carbocycles. The number of nitrogens with zero attached hydrogens (tertiary/aromatic N) is 1. The third-order valence-electron chi connectivity index (χ3n) is 3.32. The Balaban J connectivity index is 2.69. The number of ether oxygens (including phenoxy) is 1. The fourth-order valence-electron chi connectivity index (χ4n) is 2.27. The highest BCUT2D eigenvalue weighted by Gasteiger charge is 2.33. The van der Waals surface area contributed by atoms with E-state index in [4.69, 9.17) is 9.84 Å². The molecule has 0 bridgehead atoms. The Labute approximate surface area is 123 Å². The van der Waals surface area contributed by atoms with Crippen molar-refractivity contribution in [2.75, 3.05) is 26.8 Å². The van der Waals surface area contributed by atoms with Crippen LogP contribution in [0.15, 0.2) is 0 Å². The molecular weight excluding hydrogens is 278 g/mol. The molecule has 1 aliphatic heterocycles. The van der Waals surface area contributed by atoms with Crippen LogP contribution in [0.4, 0.5) is 4.79 Å². The van der Waals surface area contributed by atoms with Crippen molar-refractivity contribution in [3.63, 3.8) is 0 Å². The Morgan fingerprint density at radius 2 is 2.14 bits per heavy atom. The van der Waals surface area contributed by atoms with Crippen molar-refractivity contribution in [1.82, 2.24) is 15.5 Å². The standard InChI is InChI=1S/C13H23N3O5/c1-3-4-9(7-11(17)18)15-13(20)16-5-6-21-8-10(16)12(19)14-2/h9-10H,3-8H2,1-2H3,(H,14,19)(H,15,20)(H,17,18). The summed E-state index contributed by atoms with van der Waals surface area (Å²) in [5.41, 5.74) is 0. The Hall–Kier alpha value is -1.83. The first-order chi connectivity index (χ1) is 9.99. The molecule has 1 fully saturated rings. The van der Waals surface area contributed by atoms with E-state index >= 15 is 0 Å². The molecule has 8 heteroatoms. The number of hydrogen-bond donors (Lipinski definition) is 3. The number of urea groups is 1. The van der Waals surface area contributed by atoms with Gasteiger partial charge in [-0.05, 0) is 6.42 Å². The summed E-state index contributed by atoms with van der Waals surface area (Å²) in [5, 5.41) is 14.1. The van der Waals surface area contributed by atoms with Crippen LogP contribution in [0, 0.1) is 0 Å². The number of morpholine rings is 1. The molecule has 0 aromatic heterocycles. The number of carbonyl (C=O) groups excluding carboxylic acids is 2. The fraction of sp³-hybridized carbons (Fsp3) is 0.769. The fourth-order valence-corrected chi connectivity index (χ4v) is 2.27. The van der Waals surface area contributed by atoms with Gasteiger partial charge in [0.2, 0.25) is 5.91 Å².